The van der Waals surface area contributed by atoms with Gasteiger partial charge in [0.1, 0.15) is 5.75 Å². The quantitative estimate of drug-likeness (QED) is 0.790. The van der Waals surface area contributed by atoms with E-state index in [1.807, 2.05) is 0 Å². The summed E-state index contributed by atoms with van der Waals surface area (Å²) in [5.41, 5.74) is 0.852. The molecule has 1 aromatic heterocycles. The predicted octanol–water partition coefficient (Wildman–Crippen LogP) is 1.95. The number of ether oxygens (including phenoxy) is 1. The Balaban J connectivity index is 1.90. The molecule has 0 radical (unpaired) electrons. The average Bonchev–Trinajstić information content (AvgIpc) is 2.60. The van der Waals surface area contributed by atoms with Crippen LogP contribution in [0.25, 0.3) is 0 Å². The number of nitrogens with zero attached hydrogens (tertiary/aromatic N) is 1. The van der Waals surface area contributed by atoms with Gasteiger partial charge < -0.3 is 10.1 Å². The molecule has 1 unspecified atom stereocenters. The summed E-state index contributed by atoms with van der Waals surface area (Å²) in [7, 11) is -0.170. The first-order valence-electron chi connectivity index (χ1n) is 6.93. The van der Waals surface area contributed by atoms with Gasteiger partial charge >= 0.3 is 5.97 Å². The minimum atomic E-state index is -1.46. The minimum Gasteiger partial charge on any atom is -0.465 e. The molecule has 0 aliphatic carbocycles. The van der Waals surface area contributed by atoms with Crippen molar-refractivity contribution in [1.82, 2.24) is 10.3 Å². The Bertz CT molecular complexity index is 765. The van der Waals surface area contributed by atoms with Crippen molar-refractivity contribution in [3.8, 4) is 0 Å². The molecular formula is C16H15ClN2O4S. The van der Waals surface area contributed by atoms with Crippen LogP contribution in [0.15, 0.2) is 47.5 Å². The number of aromatic nitrogens is 1. The normalized spacial score (nSPS) is 11.6. The molecule has 0 aliphatic heterocycles. The first kappa shape index (κ1) is 18.1. The standard InChI is InChI=1S/C16H15ClN2O4S/c1-23-16(21)11-6-7-18-13(8-11)9-19-15(20)10-24(22)14-4-2-12(17)3-5-14/h2-8H,9-10H2,1H3,(H,19,20). The summed E-state index contributed by atoms with van der Waals surface area (Å²) >= 11 is 5.77. The molecule has 0 spiro atoms. The van der Waals surface area contributed by atoms with Gasteiger partial charge in [-0.1, -0.05) is 11.6 Å². The molecule has 8 heteroatoms. The molecule has 1 N–H and O–H groups in total. The Kier molecular flexibility index (Phi) is 6.45. The van der Waals surface area contributed by atoms with E-state index in [2.05, 4.69) is 15.0 Å². The van der Waals surface area contributed by atoms with Gasteiger partial charge in [0.15, 0.2) is 0 Å². The Hall–Kier alpha value is -2.25. The van der Waals surface area contributed by atoms with E-state index in [0.29, 0.717) is 21.2 Å². The van der Waals surface area contributed by atoms with Crippen molar-refractivity contribution in [3.05, 3.63) is 58.9 Å². The zero-order valence-electron chi connectivity index (χ0n) is 12.8. The second kappa shape index (κ2) is 8.56. The van der Waals surface area contributed by atoms with Crippen LogP contribution >= 0.6 is 11.6 Å². The van der Waals surface area contributed by atoms with Crippen molar-refractivity contribution in [3.63, 3.8) is 0 Å². The SMILES string of the molecule is COC(=O)c1ccnc(CNC(=O)CS(=O)c2ccc(Cl)cc2)c1. The number of halogens is 1. The lowest BCUT2D eigenvalue weighted by Gasteiger charge is -2.06. The van der Waals surface area contributed by atoms with Crippen LogP contribution < -0.4 is 5.32 Å². The van der Waals surface area contributed by atoms with E-state index in [1.165, 1.54) is 25.4 Å². The number of carbonyl (C=O) groups excluding carboxylic acids is 2. The Morgan fingerprint density at radius 1 is 1.25 bits per heavy atom. The van der Waals surface area contributed by atoms with Gasteiger partial charge in [-0.15, -0.1) is 0 Å². The van der Waals surface area contributed by atoms with Gasteiger partial charge in [-0.05, 0) is 36.4 Å². The number of esters is 1. The van der Waals surface area contributed by atoms with Gasteiger partial charge in [-0.2, -0.15) is 0 Å². The maximum absolute atomic E-state index is 12.1. The Labute approximate surface area is 146 Å². The molecule has 6 nitrogen and oxygen atoms in total. The maximum Gasteiger partial charge on any atom is 0.337 e. The van der Waals surface area contributed by atoms with Gasteiger partial charge in [0, 0.05) is 16.1 Å². The number of benzene rings is 1. The van der Waals surface area contributed by atoms with Gasteiger partial charge in [0.2, 0.25) is 5.91 Å². The number of hydrogen-bond donors (Lipinski definition) is 1. The number of nitrogens with one attached hydrogen (secondary N) is 1. The summed E-state index contributed by atoms with van der Waals surface area (Å²) < 4.78 is 16.7. The number of amides is 1. The summed E-state index contributed by atoms with van der Waals surface area (Å²) in [4.78, 5) is 27.9. The van der Waals surface area contributed by atoms with Crippen LogP contribution in [0.2, 0.25) is 5.02 Å². The molecule has 1 aromatic carbocycles. The van der Waals surface area contributed by atoms with Crippen molar-refractivity contribution in [2.75, 3.05) is 12.9 Å². The van der Waals surface area contributed by atoms with E-state index in [9.17, 15) is 13.8 Å². The first-order valence-corrected chi connectivity index (χ1v) is 8.63. The van der Waals surface area contributed by atoms with E-state index < -0.39 is 16.8 Å². The van der Waals surface area contributed by atoms with E-state index in [0.717, 1.165) is 0 Å². The fraction of sp³-hybridized carbons (Fsp3) is 0.188. The Morgan fingerprint density at radius 3 is 2.62 bits per heavy atom. The summed E-state index contributed by atoms with van der Waals surface area (Å²) in [6.07, 6.45) is 1.46. The fourth-order valence-electron chi connectivity index (χ4n) is 1.85. The van der Waals surface area contributed by atoms with Crippen LogP contribution in [-0.2, 0) is 26.9 Å². The number of rotatable bonds is 6. The van der Waals surface area contributed by atoms with E-state index in [-0.39, 0.29) is 18.2 Å². The molecule has 0 bridgehead atoms. The van der Waals surface area contributed by atoms with Crippen LogP contribution in [0.1, 0.15) is 16.1 Å². The van der Waals surface area contributed by atoms with E-state index in [1.54, 1.807) is 24.3 Å². The smallest absolute Gasteiger partial charge is 0.337 e. The van der Waals surface area contributed by atoms with Crippen molar-refractivity contribution in [2.24, 2.45) is 0 Å². The van der Waals surface area contributed by atoms with Crippen LogP contribution in [-0.4, -0.2) is 33.9 Å². The monoisotopic (exact) mass is 366 g/mol. The highest BCUT2D eigenvalue weighted by atomic mass is 35.5. The molecule has 126 valence electrons. The molecule has 0 saturated heterocycles. The topological polar surface area (TPSA) is 85.4 Å². The van der Waals surface area contributed by atoms with Gasteiger partial charge in [0.25, 0.3) is 0 Å². The molecular weight excluding hydrogens is 352 g/mol. The molecule has 0 fully saturated rings. The largest absolute Gasteiger partial charge is 0.465 e. The van der Waals surface area contributed by atoms with Gasteiger partial charge in [-0.25, -0.2) is 4.79 Å². The molecule has 2 rings (SSSR count). The summed E-state index contributed by atoms with van der Waals surface area (Å²) in [6.45, 7) is 0.126. The minimum absolute atomic E-state index is 0.126. The number of methoxy groups -OCH3 is 1. The fourth-order valence-corrected chi connectivity index (χ4v) is 2.92. The van der Waals surface area contributed by atoms with Gasteiger partial charge in [-0.3, -0.25) is 14.0 Å². The average molecular weight is 367 g/mol. The third kappa shape index (κ3) is 5.14. The zero-order valence-corrected chi connectivity index (χ0v) is 14.4. The van der Waals surface area contributed by atoms with Crippen LogP contribution in [0.4, 0.5) is 0 Å². The third-order valence-electron chi connectivity index (χ3n) is 3.04. The lowest BCUT2D eigenvalue weighted by Crippen LogP contribution is -2.28. The lowest BCUT2D eigenvalue weighted by molar-refractivity contribution is -0.118. The maximum atomic E-state index is 12.1. The highest BCUT2D eigenvalue weighted by molar-refractivity contribution is 7.85. The summed E-state index contributed by atoms with van der Waals surface area (Å²) in [5.74, 6) is -1.03. The second-order valence-electron chi connectivity index (χ2n) is 4.75. The predicted molar refractivity (Wildman–Crippen MR) is 90.2 cm³/mol. The van der Waals surface area contributed by atoms with Crippen LogP contribution in [0.5, 0.6) is 0 Å². The van der Waals surface area contributed by atoms with Crippen LogP contribution in [0, 0.1) is 0 Å². The molecule has 1 heterocycles. The van der Waals surface area contributed by atoms with E-state index >= 15 is 0 Å². The zero-order chi connectivity index (χ0) is 17.5. The molecule has 0 aliphatic rings. The first-order chi connectivity index (χ1) is 11.5. The van der Waals surface area contributed by atoms with Crippen molar-refractivity contribution in [2.45, 2.75) is 11.4 Å². The van der Waals surface area contributed by atoms with Crippen molar-refractivity contribution >= 4 is 34.3 Å². The molecule has 1 amide bonds. The molecule has 0 saturated carbocycles. The second-order valence-corrected chi connectivity index (χ2v) is 6.64. The molecule has 24 heavy (non-hydrogen) atoms. The van der Waals surface area contributed by atoms with Crippen molar-refractivity contribution < 1.29 is 18.5 Å². The number of hydrogen-bond acceptors (Lipinski definition) is 5. The third-order valence-corrected chi connectivity index (χ3v) is 4.62. The molecule has 1 atom stereocenters. The number of pyridine rings is 1. The molecule has 2 aromatic rings. The highest BCUT2D eigenvalue weighted by Crippen LogP contribution is 2.12. The van der Waals surface area contributed by atoms with Crippen LogP contribution in [0.3, 0.4) is 0 Å². The highest BCUT2D eigenvalue weighted by Gasteiger charge is 2.11. The summed E-state index contributed by atoms with van der Waals surface area (Å²) in [5, 5.41) is 3.16. The number of carbonyl (C=O) groups is 2. The summed E-state index contributed by atoms with van der Waals surface area (Å²) in [6, 6.07) is 9.53. The van der Waals surface area contributed by atoms with Crippen molar-refractivity contribution in [1.29, 1.82) is 0 Å². The van der Waals surface area contributed by atoms with E-state index in [4.69, 9.17) is 11.6 Å². The lowest BCUT2D eigenvalue weighted by atomic mass is 10.2. The van der Waals surface area contributed by atoms with Gasteiger partial charge in [0.05, 0.1) is 35.7 Å². The Morgan fingerprint density at radius 2 is 1.96 bits per heavy atom.